The van der Waals surface area contributed by atoms with Gasteiger partial charge in [0.2, 0.25) is 0 Å². The molecule has 10 heteroatoms. The molecule has 0 radical (unpaired) electrons. The Morgan fingerprint density at radius 3 is 1.38 bits per heavy atom. The number of hydrogen-bond acceptors (Lipinski definition) is 5. The predicted molar refractivity (Wildman–Crippen MR) is 177 cm³/mol. The van der Waals surface area contributed by atoms with Crippen molar-refractivity contribution in [2.24, 2.45) is 0 Å². The molecule has 1 N–H and O–H groups in total. The van der Waals surface area contributed by atoms with Crippen molar-refractivity contribution in [2.75, 3.05) is 26.2 Å². The molecule has 1 aliphatic rings. The molecule has 0 bridgehead atoms. The van der Waals surface area contributed by atoms with Gasteiger partial charge in [-0.2, -0.15) is 13.2 Å². The zero-order valence-corrected chi connectivity index (χ0v) is 28.0. The second kappa shape index (κ2) is 20.7. The van der Waals surface area contributed by atoms with Crippen LogP contribution in [-0.4, -0.2) is 66.1 Å². The molecule has 1 heterocycles. The van der Waals surface area contributed by atoms with E-state index in [2.05, 4.69) is 117 Å². The number of ether oxygens (including phenoxy) is 2. The molecule has 4 rings (SSSR count). The first kappa shape index (κ1) is 39.8. The van der Waals surface area contributed by atoms with E-state index in [1.165, 1.54) is 35.5 Å². The average Bonchev–Trinajstić information content (AvgIpc) is 3.56. The average molecular weight is 650 g/mol. The second-order valence-electron chi connectivity index (χ2n) is 10.8. The molecule has 248 valence electrons. The van der Waals surface area contributed by atoms with Gasteiger partial charge in [-0.15, -0.1) is 0 Å². The summed E-state index contributed by atoms with van der Waals surface area (Å²) in [7, 11) is -0.446. The highest BCUT2D eigenvalue weighted by Gasteiger charge is 2.38. The number of aliphatic carboxylic acids is 1. The van der Waals surface area contributed by atoms with Gasteiger partial charge < -0.3 is 19.5 Å². The van der Waals surface area contributed by atoms with Gasteiger partial charge in [0, 0.05) is 6.61 Å². The van der Waals surface area contributed by atoms with Crippen molar-refractivity contribution in [2.45, 2.75) is 72.3 Å². The first-order valence-electron chi connectivity index (χ1n) is 15.1. The molecule has 3 aromatic carbocycles. The lowest BCUT2D eigenvalue weighted by molar-refractivity contribution is -0.192. The minimum atomic E-state index is -5.08. The SMILES string of the molecule is CC(C)(C)OC(=O)C1CCCO1.CCN(CC)CC.O=C(O)C(F)(F)F.c1ccc(P(c2ccccc2)c2ccccc2)cc1. The molecule has 6 nitrogen and oxygen atoms in total. The summed E-state index contributed by atoms with van der Waals surface area (Å²) in [5, 5.41) is 11.3. The van der Waals surface area contributed by atoms with Crippen LogP contribution in [0.25, 0.3) is 0 Å². The zero-order valence-electron chi connectivity index (χ0n) is 27.1. The van der Waals surface area contributed by atoms with Gasteiger partial charge in [0.25, 0.3) is 0 Å². The number of carbonyl (C=O) groups is 2. The summed E-state index contributed by atoms with van der Waals surface area (Å²) in [4.78, 5) is 22.6. The molecule has 0 amide bonds. The Labute approximate surface area is 267 Å². The zero-order chi connectivity index (χ0) is 33.9. The minimum Gasteiger partial charge on any atom is -0.475 e. The lowest BCUT2D eigenvalue weighted by atomic mass is 10.2. The summed E-state index contributed by atoms with van der Waals surface area (Å²) in [6, 6.07) is 32.3. The molecule has 45 heavy (non-hydrogen) atoms. The second-order valence-corrected chi connectivity index (χ2v) is 13.0. The van der Waals surface area contributed by atoms with Crippen molar-refractivity contribution < 1.29 is 37.3 Å². The Bertz CT molecular complexity index is 1110. The number of benzene rings is 3. The molecule has 0 aliphatic carbocycles. The van der Waals surface area contributed by atoms with Crippen LogP contribution in [0.15, 0.2) is 91.0 Å². The van der Waals surface area contributed by atoms with Crippen LogP contribution in [0.1, 0.15) is 54.4 Å². The van der Waals surface area contributed by atoms with E-state index >= 15 is 0 Å². The third-order valence-electron chi connectivity index (χ3n) is 6.23. The fourth-order valence-corrected chi connectivity index (χ4v) is 6.29. The number of rotatable bonds is 7. The van der Waals surface area contributed by atoms with Gasteiger partial charge in [-0.3, -0.25) is 0 Å². The molecule has 0 spiro atoms. The molecule has 1 saturated heterocycles. The van der Waals surface area contributed by atoms with Crippen LogP contribution in [0, 0.1) is 0 Å². The van der Waals surface area contributed by atoms with E-state index in [1.54, 1.807) is 0 Å². The van der Waals surface area contributed by atoms with Crippen LogP contribution >= 0.6 is 7.92 Å². The van der Waals surface area contributed by atoms with E-state index in [9.17, 15) is 18.0 Å². The van der Waals surface area contributed by atoms with Gasteiger partial charge in [0.05, 0.1) is 0 Å². The third-order valence-corrected chi connectivity index (χ3v) is 8.67. The Morgan fingerprint density at radius 1 is 0.800 bits per heavy atom. The van der Waals surface area contributed by atoms with Gasteiger partial charge in [0.15, 0.2) is 6.10 Å². The number of nitrogens with zero attached hydrogens (tertiary/aromatic N) is 1. The number of esters is 1. The highest BCUT2D eigenvalue weighted by Crippen LogP contribution is 2.32. The molecule has 1 unspecified atom stereocenters. The minimum absolute atomic E-state index is 0.222. The first-order valence-corrected chi connectivity index (χ1v) is 16.4. The fraction of sp³-hybridized carbons (Fsp3) is 0.429. The fourth-order valence-electron chi connectivity index (χ4n) is 3.98. The maximum absolute atomic E-state index is 11.3. The molecule has 0 aromatic heterocycles. The summed E-state index contributed by atoms with van der Waals surface area (Å²) >= 11 is 0. The van der Waals surface area contributed by atoms with Crippen LogP contribution in [0.4, 0.5) is 13.2 Å². The Kier molecular flexibility index (Phi) is 18.3. The molecular weight excluding hydrogens is 602 g/mol. The van der Waals surface area contributed by atoms with E-state index in [0.717, 1.165) is 12.8 Å². The molecule has 3 aromatic rings. The van der Waals surface area contributed by atoms with Gasteiger partial charge in [-0.1, -0.05) is 112 Å². The number of halogens is 3. The summed E-state index contributed by atoms with van der Waals surface area (Å²) in [6.07, 6.45) is -3.64. The summed E-state index contributed by atoms with van der Waals surface area (Å²) in [6.45, 7) is 16.4. The Balaban J connectivity index is 0.000000335. The first-order chi connectivity index (χ1) is 21.2. The molecular formula is C35H47F3NO5P. The van der Waals surface area contributed by atoms with Gasteiger partial charge in [-0.05, 0) is 77.1 Å². The van der Waals surface area contributed by atoms with E-state index in [4.69, 9.17) is 19.4 Å². The van der Waals surface area contributed by atoms with Crippen LogP contribution < -0.4 is 15.9 Å². The van der Waals surface area contributed by atoms with Crippen LogP contribution in [0.3, 0.4) is 0 Å². The number of carboxylic acids is 1. The maximum atomic E-state index is 11.3. The standard InChI is InChI=1S/C18H15P.C9H16O3.C6H15N.C2HF3O2/c1-4-10-16(11-5-1)19(17-12-6-2-7-13-17)18-14-8-3-9-15-18;1-9(2,3)12-8(10)7-5-4-6-11-7;1-4-7(5-2)6-3;3-2(4,5)1(6)7/h1-15H;7H,4-6H2,1-3H3;4-6H2,1-3H3;(H,6,7). The number of carboxylic acid groups (broad SMARTS) is 1. The number of alkyl halides is 3. The van der Waals surface area contributed by atoms with Crippen LogP contribution in [-0.2, 0) is 19.1 Å². The van der Waals surface area contributed by atoms with E-state index in [1.807, 2.05) is 20.8 Å². The predicted octanol–water partition coefficient (Wildman–Crippen LogP) is 6.93. The number of carbonyl (C=O) groups excluding carboxylic acids is 1. The molecule has 1 fully saturated rings. The van der Waals surface area contributed by atoms with Crippen molar-refractivity contribution in [3.05, 3.63) is 91.0 Å². The third kappa shape index (κ3) is 16.6. The quantitative estimate of drug-likeness (QED) is 0.221. The van der Waals surface area contributed by atoms with Crippen molar-refractivity contribution in [1.29, 1.82) is 0 Å². The summed E-state index contributed by atoms with van der Waals surface area (Å²) in [5.74, 6) is -2.98. The van der Waals surface area contributed by atoms with Gasteiger partial charge >= 0.3 is 18.1 Å². The Morgan fingerprint density at radius 2 is 1.16 bits per heavy atom. The van der Waals surface area contributed by atoms with Crippen molar-refractivity contribution in [1.82, 2.24) is 4.90 Å². The topological polar surface area (TPSA) is 76.1 Å². The Hall–Kier alpha value is -3.26. The molecule has 1 atom stereocenters. The summed E-state index contributed by atoms with van der Waals surface area (Å²) < 4.78 is 42.1. The lowest BCUT2D eigenvalue weighted by Gasteiger charge is -2.21. The monoisotopic (exact) mass is 649 g/mol. The van der Waals surface area contributed by atoms with Crippen molar-refractivity contribution >= 4 is 35.8 Å². The van der Waals surface area contributed by atoms with Gasteiger partial charge in [0.1, 0.15) is 5.60 Å². The highest BCUT2D eigenvalue weighted by molar-refractivity contribution is 7.79. The van der Waals surface area contributed by atoms with E-state index < -0.39 is 25.7 Å². The van der Waals surface area contributed by atoms with Crippen molar-refractivity contribution in [3.63, 3.8) is 0 Å². The van der Waals surface area contributed by atoms with Crippen molar-refractivity contribution in [3.8, 4) is 0 Å². The molecule has 1 aliphatic heterocycles. The largest absolute Gasteiger partial charge is 0.490 e. The normalized spacial score (nSPS) is 14.2. The van der Waals surface area contributed by atoms with E-state index in [-0.39, 0.29) is 12.1 Å². The summed E-state index contributed by atoms with van der Waals surface area (Å²) in [5.41, 5.74) is -0.400. The lowest BCUT2D eigenvalue weighted by Crippen LogP contribution is -2.31. The van der Waals surface area contributed by atoms with Gasteiger partial charge in [-0.25, -0.2) is 9.59 Å². The highest BCUT2D eigenvalue weighted by atomic mass is 31.1. The molecule has 0 saturated carbocycles. The number of hydrogen-bond donors (Lipinski definition) is 1. The van der Waals surface area contributed by atoms with E-state index in [0.29, 0.717) is 6.61 Å². The van der Waals surface area contributed by atoms with Crippen LogP contribution in [0.5, 0.6) is 0 Å². The maximum Gasteiger partial charge on any atom is 0.490 e. The smallest absolute Gasteiger partial charge is 0.475 e. The van der Waals surface area contributed by atoms with Crippen LogP contribution in [0.2, 0.25) is 0 Å².